The van der Waals surface area contributed by atoms with Gasteiger partial charge in [-0.3, -0.25) is 14.1 Å². The molecule has 2 unspecified atom stereocenters. The van der Waals surface area contributed by atoms with Gasteiger partial charge in [0.1, 0.15) is 5.82 Å². The molecule has 2 aliphatic rings. The third-order valence-corrected chi connectivity index (χ3v) is 8.81. The molecule has 1 aromatic carbocycles. The van der Waals surface area contributed by atoms with Crippen molar-refractivity contribution in [2.75, 3.05) is 39.2 Å². The van der Waals surface area contributed by atoms with Crippen LogP contribution in [0.4, 0.5) is 5.82 Å². The Bertz CT molecular complexity index is 1500. The van der Waals surface area contributed by atoms with Gasteiger partial charge in [-0.25, -0.2) is 9.78 Å². The second kappa shape index (κ2) is 10.2. The Morgan fingerprint density at radius 1 is 0.974 bits per heavy atom. The molecule has 8 heteroatoms. The van der Waals surface area contributed by atoms with Gasteiger partial charge in [0, 0.05) is 56.5 Å². The molecule has 4 aromatic rings. The van der Waals surface area contributed by atoms with E-state index < -0.39 is 0 Å². The zero-order valence-corrected chi connectivity index (χ0v) is 22.9. The molecule has 1 aliphatic heterocycles. The molecule has 4 heterocycles. The number of hydrogen-bond acceptors (Lipinski definition) is 6. The quantitative estimate of drug-likeness (QED) is 0.387. The van der Waals surface area contributed by atoms with Gasteiger partial charge >= 0.3 is 5.69 Å². The molecule has 200 valence electrons. The Morgan fingerprint density at radius 2 is 1.76 bits per heavy atom. The van der Waals surface area contributed by atoms with Crippen molar-refractivity contribution in [3.8, 4) is 11.1 Å². The van der Waals surface area contributed by atoms with Crippen LogP contribution in [0.25, 0.3) is 33.1 Å². The summed E-state index contributed by atoms with van der Waals surface area (Å²) in [6, 6.07) is 11.4. The van der Waals surface area contributed by atoms with Crippen molar-refractivity contribution in [1.29, 1.82) is 0 Å². The summed E-state index contributed by atoms with van der Waals surface area (Å²) >= 11 is 0. The highest BCUT2D eigenvalue weighted by molar-refractivity contribution is 6.04. The number of aromatic nitrogens is 4. The summed E-state index contributed by atoms with van der Waals surface area (Å²) in [6.07, 6.45) is 10.3. The van der Waals surface area contributed by atoms with Crippen LogP contribution < -0.4 is 10.6 Å². The van der Waals surface area contributed by atoms with Crippen LogP contribution in [0.5, 0.6) is 0 Å². The molecule has 1 saturated heterocycles. The van der Waals surface area contributed by atoms with Crippen LogP contribution >= 0.6 is 0 Å². The third kappa shape index (κ3) is 4.39. The number of methoxy groups -OCH3 is 1. The summed E-state index contributed by atoms with van der Waals surface area (Å²) in [4.78, 5) is 27.7. The molecule has 0 N–H and O–H groups in total. The van der Waals surface area contributed by atoms with Crippen molar-refractivity contribution >= 4 is 27.8 Å². The van der Waals surface area contributed by atoms with Gasteiger partial charge in [0.25, 0.3) is 0 Å². The summed E-state index contributed by atoms with van der Waals surface area (Å²) in [5.41, 5.74) is 4.91. The van der Waals surface area contributed by atoms with E-state index in [4.69, 9.17) is 14.7 Å². The lowest BCUT2D eigenvalue weighted by atomic mass is 9.92. The van der Waals surface area contributed by atoms with E-state index in [0.717, 1.165) is 90.5 Å². The van der Waals surface area contributed by atoms with E-state index in [0.29, 0.717) is 6.04 Å². The van der Waals surface area contributed by atoms with Crippen molar-refractivity contribution in [2.24, 2.45) is 7.05 Å². The lowest BCUT2D eigenvalue weighted by Crippen LogP contribution is -2.42. The number of piperidine rings is 1. The van der Waals surface area contributed by atoms with Gasteiger partial charge in [-0.2, -0.15) is 0 Å². The van der Waals surface area contributed by atoms with E-state index >= 15 is 0 Å². The summed E-state index contributed by atoms with van der Waals surface area (Å²) in [5, 5.41) is 1.01. The fraction of sp³-hybridized carbons (Fsp3) is 0.500. The van der Waals surface area contributed by atoms with Crippen LogP contribution in [0, 0.1) is 0 Å². The summed E-state index contributed by atoms with van der Waals surface area (Å²) in [6.45, 7) is 2.07. The highest BCUT2D eigenvalue weighted by atomic mass is 16.5. The number of rotatable bonds is 5. The topological polar surface area (TPSA) is 68.4 Å². The average Bonchev–Trinajstić information content (AvgIpc) is 3.22. The van der Waals surface area contributed by atoms with Crippen LogP contribution in [-0.4, -0.2) is 70.4 Å². The fourth-order valence-corrected chi connectivity index (χ4v) is 6.47. The van der Waals surface area contributed by atoms with Crippen molar-refractivity contribution in [3.63, 3.8) is 0 Å². The molecule has 2 fully saturated rings. The predicted molar refractivity (Wildman–Crippen MR) is 153 cm³/mol. The van der Waals surface area contributed by atoms with Gasteiger partial charge < -0.3 is 14.5 Å². The van der Waals surface area contributed by atoms with Crippen LogP contribution in [0.3, 0.4) is 0 Å². The van der Waals surface area contributed by atoms with Crippen molar-refractivity contribution in [3.05, 3.63) is 53.2 Å². The van der Waals surface area contributed by atoms with E-state index in [2.05, 4.69) is 54.2 Å². The lowest BCUT2D eigenvalue weighted by Gasteiger charge is -2.35. The van der Waals surface area contributed by atoms with E-state index in [-0.39, 0.29) is 17.8 Å². The minimum Gasteiger partial charge on any atom is -0.381 e. The molecule has 8 nitrogen and oxygen atoms in total. The molecule has 2 atom stereocenters. The van der Waals surface area contributed by atoms with Crippen molar-refractivity contribution in [1.82, 2.24) is 24.0 Å². The molecule has 3 aromatic heterocycles. The first-order chi connectivity index (χ1) is 18.4. The Morgan fingerprint density at radius 3 is 2.47 bits per heavy atom. The molecule has 0 spiro atoms. The minimum atomic E-state index is 0.0190. The minimum absolute atomic E-state index is 0.0190. The van der Waals surface area contributed by atoms with E-state index in [9.17, 15) is 4.79 Å². The van der Waals surface area contributed by atoms with Gasteiger partial charge in [0.15, 0.2) is 0 Å². The number of anilines is 1. The number of benzene rings is 1. The lowest BCUT2D eigenvalue weighted by molar-refractivity contribution is 0.0531. The van der Waals surface area contributed by atoms with Gasteiger partial charge in [-0.1, -0.05) is 6.07 Å². The smallest absolute Gasteiger partial charge is 0.329 e. The largest absolute Gasteiger partial charge is 0.381 e. The number of nitrogens with zero attached hydrogens (tertiary/aromatic N) is 6. The first kappa shape index (κ1) is 25.1. The maximum Gasteiger partial charge on any atom is 0.329 e. The zero-order valence-electron chi connectivity index (χ0n) is 22.9. The molecule has 6 rings (SSSR count). The van der Waals surface area contributed by atoms with Crippen LogP contribution in [-0.2, 0) is 11.8 Å². The molecular formula is C30H38N6O2. The second-order valence-corrected chi connectivity index (χ2v) is 11.2. The highest BCUT2D eigenvalue weighted by Gasteiger charge is 2.28. The number of pyridine rings is 2. The Balaban J connectivity index is 1.36. The average molecular weight is 515 g/mol. The van der Waals surface area contributed by atoms with Gasteiger partial charge in [-0.15, -0.1) is 0 Å². The maximum absolute atomic E-state index is 13.5. The maximum atomic E-state index is 13.5. The Labute approximate surface area is 223 Å². The van der Waals surface area contributed by atoms with E-state index in [1.165, 1.54) is 0 Å². The molecule has 0 radical (unpaired) electrons. The van der Waals surface area contributed by atoms with Crippen LogP contribution in [0.1, 0.15) is 44.6 Å². The van der Waals surface area contributed by atoms with Crippen molar-refractivity contribution < 1.29 is 4.74 Å². The van der Waals surface area contributed by atoms with Crippen LogP contribution in [0.2, 0.25) is 0 Å². The number of ether oxygens (including phenoxy) is 1. The number of hydrogen-bond donors (Lipinski definition) is 0. The summed E-state index contributed by atoms with van der Waals surface area (Å²) < 4.78 is 9.43. The molecule has 1 saturated carbocycles. The SMILES string of the molecule is COC1CCCC(n2c(=O)n(C)c3cnc4ccc(-c5ccc(N6CCC(N(C)C)CC6)nc5)cc4c32)C1. The third-order valence-electron chi connectivity index (χ3n) is 8.81. The Kier molecular flexibility index (Phi) is 6.70. The molecule has 1 aliphatic carbocycles. The first-order valence-electron chi connectivity index (χ1n) is 13.8. The van der Waals surface area contributed by atoms with E-state index in [1.807, 2.05) is 24.0 Å². The molecule has 0 amide bonds. The first-order valence-corrected chi connectivity index (χ1v) is 13.8. The second-order valence-electron chi connectivity index (χ2n) is 11.2. The summed E-state index contributed by atoms with van der Waals surface area (Å²) in [7, 11) is 7.95. The number of fused-ring (bicyclic) bond motifs is 3. The van der Waals surface area contributed by atoms with Crippen LogP contribution in [0.15, 0.2) is 47.5 Å². The normalized spacial score (nSPS) is 21.1. The molecule has 0 bridgehead atoms. The standard InChI is InChI=1S/C30H38N6O2/c1-33(2)22-12-14-35(15-13-22)28-11-9-21(18-32-28)20-8-10-26-25(16-20)29-27(19-31-26)34(3)30(37)36(29)23-6-5-7-24(17-23)38-4/h8-11,16,18-19,22-24H,5-7,12-15,17H2,1-4H3. The number of aryl methyl sites for hydroxylation is 1. The van der Waals surface area contributed by atoms with Crippen molar-refractivity contribution in [2.45, 2.75) is 56.7 Å². The number of imidazole rings is 1. The predicted octanol–water partition coefficient (Wildman–Crippen LogP) is 4.61. The van der Waals surface area contributed by atoms with Gasteiger partial charge in [0.05, 0.1) is 28.9 Å². The van der Waals surface area contributed by atoms with E-state index in [1.54, 1.807) is 11.7 Å². The van der Waals surface area contributed by atoms with Gasteiger partial charge in [-0.05, 0) is 82.4 Å². The molecule has 38 heavy (non-hydrogen) atoms. The fourth-order valence-electron chi connectivity index (χ4n) is 6.47. The highest BCUT2D eigenvalue weighted by Crippen LogP contribution is 2.35. The summed E-state index contributed by atoms with van der Waals surface area (Å²) in [5.74, 6) is 1.04. The monoisotopic (exact) mass is 514 g/mol. The molecular weight excluding hydrogens is 476 g/mol. The zero-order chi connectivity index (χ0) is 26.4. The van der Waals surface area contributed by atoms with Gasteiger partial charge in [0.2, 0.25) is 0 Å². The Hall–Kier alpha value is -3.23.